The molecule has 1 heterocycles. The van der Waals surface area contributed by atoms with Crippen LogP contribution in [-0.2, 0) is 9.59 Å². The second kappa shape index (κ2) is 8.62. The summed E-state index contributed by atoms with van der Waals surface area (Å²) in [6.07, 6.45) is 0.492. The van der Waals surface area contributed by atoms with Gasteiger partial charge in [0.25, 0.3) is 5.91 Å². The number of amides is 2. The first-order valence-corrected chi connectivity index (χ1v) is 9.08. The molecule has 8 nitrogen and oxygen atoms in total. The van der Waals surface area contributed by atoms with Crippen LogP contribution in [-0.4, -0.2) is 32.0 Å². The Morgan fingerprint density at radius 2 is 1.64 bits per heavy atom. The number of carbonyl (C=O) groups excluding carboxylic acids is 2. The molecule has 2 aromatic carbocycles. The maximum absolute atomic E-state index is 12.7. The predicted molar refractivity (Wildman–Crippen MR) is 107 cm³/mol. The van der Waals surface area contributed by atoms with Crippen LogP contribution in [0.4, 0.5) is 11.4 Å². The Bertz CT molecular complexity index is 969. The van der Waals surface area contributed by atoms with Gasteiger partial charge in [-0.15, -0.1) is 10.2 Å². The molecule has 0 radical (unpaired) electrons. The lowest BCUT2D eigenvalue weighted by molar-refractivity contribution is -0.120. The maximum Gasteiger partial charge on any atom is 0.251 e. The van der Waals surface area contributed by atoms with Gasteiger partial charge in [-0.3, -0.25) is 9.59 Å². The smallest absolute Gasteiger partial charge is 0.251 e. The van der Waals surface area contributed by atoms with Crippen molar-refractivity contribution in [3.63, 3.8) is 0 Å². The number of nitrogens with one attached hydrogen (secondary N) is 2. The molecule has 2 amide bonds. The van der Waals surface area contributed by atoms with E-state index in [1.807, 2.05) is 6.92 Å². The summed E-state index contributed by atoms with van der Waals surface area (Å²) < 4.78 is 0. The normalized spacial score (nSPS) is 11.7. The number of hydrogen-bond acceptors (Lipinski definition) is 5. The Balaban J connectivity index is 1.71. The van der Waals surface area contributed by atoms with Crippen molar-refractivity contribution in [3.8, 4) is 11.4 Å². The Kier molecular flexibility index (Phi) is 6.00. The molecule has 0 aliphatic heterocycles. The first-order valence-electron chi connectivity index (χ1n) is 8.70. The molecule has 3 aromatic rings. The topological polar surface area (TPSA) is 102 Å². The fourth-order valence-corrected chi connectivity index (χ4v) is 2.72. The van der Waals surface area contributed by atoms with Gasteiger partial charge in [0.15, 0.2) is 6.04 Å². The molecular formula is C19H19ClN6O2. The zero-order valence-electron chi connectivity index (χ0n) is 15.4. The van der Waals surface area contributed by atoms with Gasteiger partial charge in [-0.25, -0.2) is 0 Å². The average molecular weight is 399 g/mol. The van der Waals surface area contributed by atoms with Crippen LogP contribution < -0.4 is 10.6 Å². The largest absolute Gasteiger partial charge is 0.326 e. The van der Waals surface area contributed by atoms with Crippen LogP contribution in [0.5, 0.6) is 0 Å². The van der Waals surface area contributed by atoms with Crippen LogP contribution in [0.25, 0.3) is 11.4 Å². The molecule has 9 heteroatoms. The van der Waals surface area contributed by atoms with Crippen molar-refractivity contribution in [1.29, 1.82) is 0 Å². The van der Waals surface area contributed by atoms with Gasteiger partial charge < -0.3 is 10.6 Å². The van der Waals surface area contributed by atoms with Crippen molar-refractivity contribution in [1.82, 2.24) is 20.2 Å². The summed E-state index contributed by atoms with van der Waals surface area (Å²) in [7, 11) is 0. The molecule has 1 aromatic heterocycles. The summed E-state index contributed by atoms with van der Waals surface area (Å²) in [6, 6.07) is 13.3. The van der Waals surface area contributed by atoms with Crippen molar-refractivity contribution in [3.05, 3.63) is 53.6 Å². The number of aromatic nitrogens is 4. The predicted octanol–water partition coefficient (Wildman–Crippen LogP) is 3.54. The van der Waals surface area contributed by atoms with Crippen molar-refractivity contribution >= 4 is 34.8 Å². The van der Waals surface area contributed by atoms with E-state index in [-0.39, 0.29) is 11.8 Å². The molecule has 0 aliphatic rings. The second-order valence-corrected chi connectivity index (χ2v) is 6.55. The fraction of sp³-hybridized carbons (Fsp3) is 0.211. The van der Waals surface area contributed by atoms with Crippen molar-refractivity contribution < 1.29 is 9.59 Å². The number of benzene rings is 2. The molecule has 3 rings (SSSR count). The van der Waals surface area contributed by atoms with E-state index in [1.165, 1.54) is 11.7 Å². The Morgan fingerprint density at radius 3 is 2.21 bits per heavy atom. The van der Waals surface area contributed by atoms with Gasteiger partial charge in [0.2, 0.25) is 11.7 Å². The monoisotopic (exact) mass is 398 g/mol. The summed E-state index contributed by atoms with van der Waals surface area (Å²) in [5, 5.41) is 18.5. The van der Waals surface area contributed by atoms with Gasteiger partial charge in [-0.1, -0.05) is 18.5 Å². The minimum atomic E-state index is -0.608. The van der Waals surface area contributed by atoms with Crippen molar-refractivity contribution in [2.75, 3.05) is 10.6 Å². The third-order valence-corrected chi connectivity index (χ3v) is 4.22. The zero-order valence-corrected chi connectivity index (χ0v) is 16.1. The second-order valence-electron chi connectivity index (χ2n) is 6.11. The lowest BCUT2D eigenvalue weighted by Crippen LogP contribution is -2.27. The van der Waals surface area contributed by atoms with Crippen LogP contribution in [0.3, 0.4) is 0 Å². The highest BCUT2D eigenvalue weighted by atomic mass is 35.5. The van der Waals surface area contributed by atoms with Gasteiger partial charge in [0, 0.05) is 28.9 Å². The van der Waals surface area contributed by atoms with Crippen LogP contribution in [0.15, 0.2) is 48.5 Å². The molecule has 28 heavy (non-hydrogen) atoms. The lowest BCUT2D eigenvalue weighted by Gasteiger charge is -2.14. The Labute approximate surface area is 166 Å². The summed E-state index contributed by atoms with van der Waals surface area (Å²) in [5.41, 5.74) is 2.03. The summed E-state index contributed by atoms with van der Waals surface area (Å²) in [5.74, 6) is 0.00832. The highest BCUT2D eigenvalue weighted by molar-refractivity contribution is 6.30. The van der Waals surface area contributed by atoms with Crippen LogP contribution in [0.1, 0.15) is 26.3 Å². The number of nitrogens with zero attached hydrogens (tertiary/aromatic N) is 4. The minimum absolute atomic E-state index is 0.156. The van der Waals surface area contributed by atoms with E-state index in [9.17, 15) is 9.59 Å². The number of halogens is 1. The van der Waals surface area contributed by atoms with Crippen molar-refractivity contribution in [2.24, 2.45) is 0 Å². The average Bonchev–Trinajstić information content (AvgIpc) is 3.14. The van der Waals surface area contributed by atoms with E-state index in [4.69, 9.17) is 11.6 Å². The van der Waals surface area contributed by atoms with Crippen molar-refractivity contribution in [2.45, 2.75) is 26.3 Å². The van der Waals surface area contributed by atoms with E-state index < -0.39 is 6.04 Å². The number of carbonyl (C=O) groups is 2. The van der Waals surface area contributed by atoms with Crippen LogP contribution in [0, 0.1) is 0 Å². The Morgan fingerprint density at radius 1 is 1.04 bits per heavy atom. The minimum Gasteiger partial charge on any atom is -0.326 e. The number of anilines is 2. The highest BCUT2D eigenvalue weighted by Gasteiger charge is 2.22. The molecule has 1 unspecified atom stereocenters. The maximum atomic E-state index is 12.7. The molecule has 1 atom stereocenters. The van der Waals surface area contributed by atoms with E-state index in [1.54, 1.807) is 48.5 Å². The first-order chi connectivity index (χ1) is 13.5. The van der Waals surface area contributed by atoms with Gasteiger partial charge in [0.1, 0.15) is 0 Å². The number of rotatable bonds is 6. The van der Waals surface area contributed by atoms with E-state index in [0.717, 1.165) is 5.56 Å². The molecule has 144 valence electrons. The fourth-order valence-electron chi connectivity index (χ4n) is 2.59. The van der Waals surface area contributed by atoms with E-state index in [2.05, 4.69) is 26.0 Å². The summed E-state index contributed by atoms with van der Waals surface area (Å²) in [6.45, 7) is 3.31. The third-order valence-electron chi connectivity index (χ3n) is 3.97. The summed E-state index contributed by atoms with van der Waals surface area (Å²) >= 11 is 5.90. The molecule has 0 bridgehead atoms. The molecule has 0 spiro atoms. The molecule has 0 aliphatic carbocycles. The molecule has 0 saturated carbocycles. The lowest BCUT2D eigenvalue weighted by atomic mass is 10.2. The van der Waals surface area contributed by atoms with Crippen LogP contribution >= 0.6 is 11.6 Å². The number of tetrazole rings is 1. The summed E-state index contributed by atoms with van der Waals surface area (Å²) in [4.78, 5) is 25.1. The van der Waals surface area contributed by atoms with Gasteiger partial charge >= 0.3 is 0 Å². The van der Waals surface area contributed by atoms with Crippen LogP contribution in [0.2, 0.25) is 5.02 Å². The molecule has 2 N–H and O–H groups in total. The van der Waals surface area contributed by atoms with Gasteiger partial charge in [-0.05, 0) is 60.2 Å². The quantitative estimate of drug-likeness (QED) is 0.661. The molecule has 0 fully saturated rings. The van der Waals surface area contributed by atoms with E-state index in [0.29, 0.717) is 28.6 Å². The third kappa shape index (κ3) is 4.72. The zero-order chi connectivity index (χ0) is 20.1. The van der Waals surface area contributed by atoms with E-state index >= 15 is 0 Å². The van der Waals surface area contributed by atoms with Gasteiger partial charge in [0.05, 0.1) is 0 Å². The number of hydrogen-bond donors (Lipinski definition) is 2. The molecule has 0 saturated heterocycles. The van der Waals surface area contributed by atoms with Gasteiger partial charge in [-0.2, -0.15) is 4.80 Å². The standard InChI is InChI=1S/C19H19ClN6O2/c1-3-17(19(28)22-16-10-8-15(9-11-16)21-12(2)27)26-24-18(23-25-26)13-4-6-14(20)7-5-13/h4-11,17H,3H2,1-2H3,(H,21,27)(H,22,28). The first kappa shape index (κ1) is 19.5. The Hall–Kier alpha value is -3.26. The highest BCUT2D eigenvalue weighted by Crippen LogP contribution is 2.20. The SMILES string of the molecule is CCC(C(=O)Nc1ccc(NC(C)=O)cc1)n1nnc(-c2ccc(Cl)cc2)n1. The molecular weight excluding hydrogens is 380 g/mol.